The molecule has 0 fully saturated rings. The van der Waals surface area contributed by atoms with Gasteiger partial charge in [-0.25, -0.2) is 0 Å². The first-order chi connectivity index (χ1) is 21.0. The summed E-state index contributed by atoms with van der Waals surface area (Å²) in [6.07, 6.45) is 4.85. The molecular formula is C40H38IrN2OS-2. The van der Waals surface area contributed by atoms with Crippen LogP contribution in [0.2, 0.25) is 0 Å². The molecule has 0 unspecified atom stereocenters. The number of rotatable bonds is 3. The molecule has 5 heteroatoms. The Hall–Kier alpha value is -3.63. The van der Waals surface area contributed by atoms with Crippen LogP contribution in [0.3, 0.4) is 0 Å². The Bertz CT molecular complexity index is 2030. The second kappa shape index (κ2) is 13.0. The molecule has 0 spiro atoms. The predicted octanol–water partition coefficient (Wildman–Crippen LogP) is 11.4. The van der Waals surface area contributed by atoms with E-state index in [1.807, 2.05) is 59.9 Å². The molecule has 4 heterocycles. The first kappa shape index (κ1) is 32.8. The molecule has 3 aromatic carbocycles. The summed E-state index contributed by atoms with van der Waals surface area (Å²) in [5.74, 6) is 0. The van der Waals surface area contributed by atoms with Gasteiger partial charge < -0.3 is 14.4 Å². The van der Waals surface area contributed by atoms with E-state index in [9.17, 15) is 0 Å². The smallest absolute Gasteiger partial charge is 0.122 e. The maximum absolute atomic E-state index is 6.43. The minimum atomic E-state index is 0. The maximum Gasteiger partial charge on any atom is 0.122 e. The molecule has 7 aromatic rings. The fraction of sp³-hybridized carbons (Fsp3) is 0.250. The Morgan fingerprint density at radius 2 is 1.60 bits per heavy atom. The van der Waals surface area contributed by atoms with E-state index in [0.29, 0.717) is 0 Å². The number of fused-ring (bicyclic) bond motifs is 4. The molecule has 0 aliphatic heterocycles. The molecule has 0 amide bonds. The van der Waals surface area contributed by atoms with Crippen LogP contribution in [0.5, 0.6) is 0 Å². The molecule has 0 saturated heterocycles. The summed E-state index contributed by atoms with van der Waals surface area (Å²) >= 11 is 1.81. The maximum atomic E-state index is 6.43. The zero-order valence-corrected chi connectivity index (χ0v) is 30.1. The number of aromatic nitrogens is 2. The van der Waals surface area contributed by atoms with Gasteiger partial charge in [0.2, 0.25) is 0 Å². The molecule has 0 aliphatic rings. The molecular weight excluding hydrogens is 749 g/mol. The molecule has 231 valence electrons. The van der Waals surface area contributed by atoms with Gasteiger partial charge in [0.15, 0.2) is 0 Å². The van der Waals surface area contributed by atoms with Crippen molar-refractivity contribution >= 4 is 43.4 Å². The van der Waals surface area contributed by atoms with Gasteiger partial charge >= 0.3 is 0 Å². The van der Waals surface area contributed by atoms with Crippen LogP contribution in [0.1, 0.15) is 57.5 Å². The van der Waals surface area contributed by atoms with Gasteiger partial charge in [0.25, 0.3) is 0 Å². The van der Waals surface area contributed by atoms with E-state index >= 15 is 0 Å². The van der Waals surface area contributed by atoms with Gasteiger partial charge in [0, 0.05) is 47.5 Å². The molecule has 4 aromatic heterocycles. The topological polar surface area (TPSA) is 38.9 Å². The van der Waals surface area contributed by atoms with Crippen LogP contribution in [-0.2, 0) is 31.9 Å². The van der Waals surface area contributed by atoms with E-state index < -0.39 is 0 Å². The summed E-state index contributed by atoms with van der Waals surface area (Å²) in [7, 11) is 0. The van der Waals surface area contributed by atoms with E-state index in [1.54, 1.807) is 6.20 Å². The average molecular weight is 787 g/mol. The molecule has 0 atom stereocenters. The van der Waals surface area contributed by atoms with Crippen molar-refractivity contribution in [2.75, 3.05) is 0 Å². The predicted molar refractivity (Wildman–Crippen MR) is 186 cm³/mol. The second-order valence-electron chi connectivity index (χ2n) is 13.6. The Kier molecular flexibility index (Phi) is 9.46. The minimum absolute atomic E-state index is 0. The number of hydrogen-bond donors (Lipinski definition) is 0. The van der Waals surface area contributed by atoms with Gasteiger partial charge in [-0.15, -0.1) is 65.4 Å². The van der Waals surface area contributed by atoms with Crippen LogP contribution in [0.25, 0.3) is 54.5 Å². The molecule has 45 heavy (non-hydrogen) atoms. The van der Waals surface area contributed by atoms with Crippen LogP contribution < -0.4 is 0 Å². The van der Waals surface area contributed by atoms with Crippen LogP contribution >= 0.6 is 11.3 Å². The monoisotopic (exact) mass is 787 g/mol. The number of furan rings is 1. The van der Waals surface area contributed by atoms with Crippen molar-refractivity contribution in [2.24, 2.45) is 5.41 Å². The quantitative estimate of drug-likeness (QED) is 0.168. The van der Waals surface area contributed by atoms with E-state index in [4.69, 9.17) is 9.40 Å². The summed E-state index contributed by atoms with van der Waals surface area (Å²) in [4.78, 5) is 10.4. The average Bonchev–Trinajstić information content (AvgIpc) is 3.53. The summed E-state index contributed by atoms with van der Waals surface area (Å²) < 4.78 is 7.69. The molecule has 0 aliphatic carbocycles. The first-order valence-corrected chi connectivity index (χ1v) is 15.9. The molecule has 7 rings (SSSR count). The largest absolute Gasteiger partial charge is 0.501 e. The van der Waals surface area contributed by atoms with E-state index in [-0.39, 0.29) is 30.9 Å². The van der Waals surface area contributed by atoms with Crippen LogP contribution in [0.15, 0.2) is 95.7 Å². The van der Waals surface area contributed by atoms with Gasteiger partial charge in [-0.3, -0.25) is 0 Å². The van der Waals surface area contributed by atoms with Crippen molar-refractivity contribution < 1.29 is 24.5 Å². The van der Waals surface area contributed by atoms with Crippen molar-refractivity contribution in [3.8, 4) is 22.5 Å². The number of benzene rings is 3. The molecule has 0 N–H and O–H groups in total. The van der Waals surface area contributed by atoms with Crippen molar-refractivity contribution in [3.05, 3.63) is 119 Å². The zero-order valence-electron chi connectivity index (χ0n) is 26.9. The van der Waals surface area contributed by atoms with Crippen LogP contribution in [0.4, 0.5) is 0 Å². The molecule has 3 nitrogen and oxygen atoms in total. The SMILES string of the molecule is Cc1cc2cc3c(cc2s1)oc1c(-c2cc(CC(C)(C)C)c(C(C)(C)C)cn2)[c-]ccc13.[Ir].[c-]1ccccc1-c1ccccn1. The number of thiophene rings is 1. The summed E-state index contributed by atoms with van der Waals surface area (Å²) in [6.45, 7) is 15.8. The van der Waals surface area contributed by atoms with Crippen LogP contribution in [0, 0.1) is 24.5 Å². The number of hydrogen-bond acceptors (Lipinski definition) is 4. The van der Waals surface area contributed by atoms with E-state index in [0.717, 1.165) is 50.9 Å². The zero-order chi connectivity index (χ0) is 31.1. The fourth-order valence-electron chi connectivity index (χ4n) is 5.70. The van der Waals surface area contributed by atoms with Gasteiger partial charge in [0.05, 0.1) is 5.58 Å². The Morgan fingerprint density at radius 3 is 2.29 bits per heavy atom. The minimum Gasteiger partial charge on any atom is -0.501 e. The van der Waals surface area contributed by atoms with E-state index in [1.165, 1.54) is 26.1 Å². The Balaban J connectivity index is 0.000000258. The first-order valence-electron chi connectivity index (χ1n) is 15.1. The summed E-state index contributed by atoms with van der Waals surface area (Å²) in [5, 5.41) is 3.55. The van der Waals surface area contributed by atoms with E-state index in [2.05, 4.69) is 102 Å². The summed E-state index contributed by atoms with van der Waals surface area (Å²) in [5.41, 5.74) is 8.58. The number of aryl methyl sites for hydroxylation is 1. The Labute approximate surface area is 284 Å². The van der Waals surface area contributed by atoms with Crippen molar-refractivity contribution in [3.63, 3.8) is 0 Å². The van der Waals surface area contributed by atoms with Gasteiger partial charge in [0.1, 0.15) is 5.58 Å². The third kappa shape index (κ3) is 7.28. The van der Waals surface area contributed by atoms with Crippen molar-refractivity contribution in [1.29, 1.82) is 0 Å². The molecule has 1 radical (unpaired) electrons. The third-order valence-corrected chi connectivity index (χ3v) is 8.63. The normalized spacial score (nSPS) is 11.8. The number of pyridine rings is 2. The molecule has 0 saturated carbocycles. The Morgan fingerprint density at radius 1 is 0.800 bits per heavy atom. The van der Waals surface area contributed by atoms with Gasteiger partial charge in [-0.1, -0.05) is 70.7 Å². The second-order valence-corrected chi connectivity index (χ2v) is 14.9. The van der Waals surface area contributed by atoms with Gasteiger partial charge in [-0.2, -0.15) is 0 Å². The standard InChI is InChI=1S/C29H30NOS.C11H8N.Ir/c1-17-11-18-12-22-20-9-8-10-21(27(20)31-25(22)14-26(18)32-17)24-13-19(15-28(2,3)4)23(16-30-24)29(5,6)7;1-2-6-10(7-3-1)11-8-4-5-9-12-11;/h8-9,11-14,16H,15H2,1-7H3;1-6,8-9H;/q2*-1;. The third-order valence-electron chi connectivity index (χ3n) is 7.62. The summed E-state index contributed by atoms with van der Waals surface area (Å²) in [6, 6.07) is 33.3. The molecule has 0 bridgehead atoms. The fourth-order valence-corrected chi connectivity index (χ4v) is 6.63. The number of nitrogens with zero attached hydrogens (tertiary/aromatic N) is 2. The van der Waals surface area contributed by atoms with Crippen molar-refractivity contribution in [2.45, 2.75) is 60.3 Å². The van der Waals surface area contributed by atoms with Crippen molar-refractivity contribution in [1.82, 2.24) is 9.97 Å². The van der Waals surface area contributed by atoms with Crippen LogP contribution in [-0.4, -0.2) is 9.97 Å². The van der Waals surface area contributed by atoms with Gasteiger partial charge in [-0.05, 0) is 76.3 Å².